The summed E-state index contributed by atoms with van der Waals surface area (Å²) in [6, 6.07) is 14.8. The van der Waals surface area contributed by atoms with Crippen LogP contribution >= 0.6 is 23.4 Å². The van der Waals surface area contributed by atoms with Gasteiger partial charge in [-0.05, 0) is 47.5 Å². The molecule has 2 aliphatic rings. The molecule has 2 heterocycles. The number of aliphatic imine (C=N–C) groups is 1. The number of carbonyl (C=O) groups is 1. The van der Waals surface area contributed by atoms with Gasteiger partial charge in [0.25, 0.3) is 5.91 Å². The van der Waals surface area contributed by atoms with Gasteiger partial charge in [0, 0.05) is 17.0 Å². The number of ether oxygens (including phenoxy) is 1. The van der Waals surface area contributed by atoms with Gasteiger partial charge in [-0.25, -0.2) is 0 Å². The van der Waals surface area contributed by atoms with Gasteiger partial charge in [-0.1, -0.05) is 55.8 Å². The van der Waals surface area contributed by atoms with Crippen molar-refractivity contribution in [3.8, 4) is 5.75 Å². The second kappa shape index (κ2) is 9.08. The maximum Gasteiger partial charge on any atom is 0.283 e. The highest BCUT2D eigenvalue weighted by atomic mass is 35.5. The Labute approximate surface area is 190 Å². The van der Waals surface area contributed by atoms with E-state index in [-0.39, 0.29) is 11.4 Å². The minimum Gasteiger partial charge on any atom is -0.489 e. The number of hydrazone groups is 1. The number of amidine groups is 2. The molecule has 0 atom stereocenters. The lowest BCUT2D eigenvalue weighted by molar-refractivity contribution is -0.114. The Balaban J connectivity index is 1.47. The lowest BCUT2D eigenvalue weighted by Crippen LogP contribution is -2.35. The first-order chi connectivity index (χ1) is 14.9. The summed E-state index contributed by atoms with van der Waals surface area (Å²) < 4.78 is 5.80. The Hall–Kier alpha value is -2.90. The largest absolute Gasteiger partial charge is 0.489 e. The van der Waals surface area contributed by atoms with Crippen LogP contribution in [0.2, 0.25) is 5.02 Å². The van der Waals surface area contributed by atoms with Crippen LogP contribution in [0.15, 0.2) is 64.2 Å². The normalized spacial score (nSPS) is 17.2. The van der Waals surface area contributed by atoms with Crippen molar-refractivity contribution in [2.45, 2.75) is 26.9 Å². The Morgan fingerprint density at radius 3 is 2.65 bits per heavy atom. The maximum absolute atomic E-state index is 12.5. The lowest BCUT2D eigenvalue weighted by Gasteiger charge is -2.20. The molecule has 2 aliphatic heterocycles. The summed E-state index contributed by atoms with van der Waals surface area (Å²) in [6.45, 7) is 4.57. The number of fused-ring (bicyclic) bond motifs is 1. The molecule has 0 fully saturated rings. The van der Waals surface area contributed by atoms with Crippen molar-refractivity contribution in [2.75, 3.05) is 0 Å². The van der Waals surface area contributed by atoms with Crippen molar-refractivity contribution in [2.24, 2.45) is 16.0 Å². The third-order valence-corrected chi connectivity index (χ3v) is 5.92. The van der Waals surface area contributed by atoms with Crippen molar-refractivity contribution in [3.05, 3.63) is 70.3 Å². The van der Waals surface area contributed by atoms with E-state index in [4.69, 9.17) is 21.7 Å². The van der Waals surface area contributed by atoms with E-state index in [0.717, 1.165) is 22.6 Å². The van der Waals surface area contributed by atoms with E-state index in [0.29, 0.717) is 28.5 Å². The highest BCUT2D eigenvalue weighted by molar-refractivity contribution is 8.26. The summed E-state index contributed by atoms with van der Waals surface area (Å²) in [4.78, 5) is 16.6. The van der Waals surface area contributed by atoms with E-state index in [1.807, 2.05) is 48.5 Å². The average Bonchev–Trinajstić information content (AvgIpc) is 3.13. The van der Waals surface area contributed by atoms with E-state index >= 15 is 0 Å². The summed E-state index contributed by atoms with van der Waals surface area (Å²) in [5, 5.41) is 16.3. The minimum atomic E-state index is -0.427. The zero-order valence-electron chi connectivity index (χ0n) is 17.1. The molecule has 31 heavy (non-hydrogen) atoms. The van der Waals surface area contributed by atoms with Gasteiger partial charge in [-0.3, -0.25) is 10.2 Å². The highest BCUT2D eigenvalue weighted by Gasteiger charge is 2.35. The van der Waals surface area contributed by atoms with Crippen LogP contribution in [0.4, 0.5) is 0 Å². The van der Waals surface area contributed by atoms with E-state index in [2.05, 4.69) is 23.9 Å². The smallest absolute Gasteiger partial charge is 0.283 e. The van der Waals surface area contributed by atoms with E-state index in [1.54, 1.807) is 6.08 Å². The number of nitrogens with one attached hydrogen (secondary N) is 1. The number of amides is 1. The molecule has 4 rings (SSSR count). The van der Waals surface area contributed by atoms with Crippen LogP contribution in [0, 0.1) is 11.3 Å². The highest BCUT2D eigenvalue weighted by Crippen LogP contribution is 2.30. The molecule has 158 valence electrons. The van der Waals surface area contributed by atoms with Crippen LogP contribution in [0.3, 0.4) is 0 Å². The van der Waals surface area contributed by atoms with Gasteiger partial charge >= 0.3 is 0 Å². The Morgan fingerprint density at radius 2 is 1.94 bits per heavy atom. The van der Waals surface area contributed by atoms with E-state index < -0.39 is 5.91 Å². The Kier molecular flexibility index (Phi) is 6.25. The fourth-order valence-corrected chi connectivity index (χ4v) is 4.35. The molecule has 0 spiro atoms. The Morgan fingerprint density at radius 1 is 1.19 bits per heavy atom. The minimum absolute atomic E-state index is 0.0419. The third-order valence-electron chi connectivity index (χ3n) is 4.62. The second-order valence-electron chi connectivity index (χ2n) is 7.56. The van der Waals surface area contributed by atoms with Crippen molar-refractivity contribution in [3.63, 3.8) is 0 Å². The first kappa shape index (κ1) is 21.3. The molecular weight excluding hydrogens is 432 g/mol. The molecule has 0 bridgehead atoms. The Bertz CT molecular complexity index is 1120. The number of hydrogen-bond donors (Lipinski definition) is 1. The predicted molar refractivity (Wildman–Crippen MR) is 127 cm³/mol. The number of hydrogen-bond acceptors (Lipinski definition) is 5. The topological polar surface area (TPSA) is 78.1 Å². The molecular formula is C23H21ClN4O2S. The third kappa shape index (κ3) is 4.89. The van der Waals surface area contributed by atoms with Crippen LogP contribution in [0.25, 0.3) is 6.08 Å². The summed E-state index contributed by atoms with van der Waals surface area (Å²) in [5.74, 6) is 0.738. The first-order valence-electron chi connectivity index (χ1n) is 9.86. The molecule has 2 aromatic carbocycles. The van der Waals surface area contributed by atoms with E-state index in [1.165, 1.54) is 16.8 Å². The monoisotopic (exact) mass is 452 g/mol. The molecule has 8 heteroatoms. The zero-order chi connectivity index (χ0) is 22.0. The number of rotatable bonds is 6. The molecule has 0 saturated heterocycles. The number of benzene rings is 2. The second-order valence-corrected chi connectivity index (χ2v) is 9.01. The zero-order valence-corrected chi connectivity index (χ0v) is 18.7. The van der Waals surface area contributed by atoms with Crippen LogP contribution in [0.5, 0.6) is 5.75 Å². The van der Waals surface area contributed by atoms with Crippen LogP contribution in [0.1, 0.15) is 31.4 Å². The van der Waals surface area contributed by atoms with Gasteiger partial charge in [-0.2, -0.15) is 15.1 Å². The number of thioether (sulfide) groups is 1. The first-order valence-corrected chi connectivity index (χ1v) is 11.1. The quantitative estimate of drug-likeness (QED) is 0.580. The van der Waals surface area contributed by atoms with Gasteiger partial charge in [0.1, 0.15) is 17.4 Å². The number of carbonyl (C=O) groups excluding carboxylic acids is 1. The van der Waals surface area contributed by atoms with E-state index in [9.17, 15) is 4.79 Å². The van der Waals surface area contributed by atoms with Gasteiger partial charge < -0.3 is 4.74 Å². The van der Waals surface area contributed by atoms with Crippen LogP contribution < -0.4 is 4.74 Å². The van der Waals surface area contributed by atoms with Crippen molar-refractivity contribution >= 4 is 51.4 Å². The fourth-order valence-electron chi connectivity index (χ4n) is 3.07. The fraction of sp³-hybridized carbons (Fsp3) is 0.217. The summed E-state index contributed by atoms with van der Waals surface area (Å²) in [5.41, 5.74) is 1.89. The molecule has 0 unspecified atom stereocenters. The standard InChI is InChI=1S/C23H21ClN4O2S/c1-14(2)11-20-27-28-21(25)18(22(29)26-23(28)31-20)12-15-7-9-17(10-8-15)30-13-16-5-3-4-6-19(16)24/h3-10,12,14,25H,11,13H2,1-2H3. The van der Waals surface area contributed by atoms with Gasteiger partial charge in [0.05, 0.1) is 5.57 Å². The van der Waals surface area contributed by atoms with Crippen molar-refractivity contribution in [1.29, 1.82) is 5.41 Å². The molecule has 0 radical (unpaired) electrons. The van der Waals surface area contributed by atoms with Crippen molar-refractivity contribution < 1.29 is 9.53 Å². The van der Waals surface area contributed by atoms with Gasteiger partial charge in [0.2, 0.25) is 5.17 Å². The number of halogens is 1. The molecule has 1 amide bonds. The van der Waals surface area contributed by atoms with Gasteiger partial charge in [-0.15, -0.1) is 0 Å². The maximum atomic E-state index is 12.5. The summed E-state index contributed by atoms with van der Waals surface area (Å²) >= 11 is 7.51. The molecule has 0 aliphatic carbocycles. The predicted octanol–water partition coefficient (Wildman–Crippen LogP) is 5.58. The van der Waals surface area contributed by atoms with Gasteiger partial charge in [0.15, 0.2) is 5.84 Å². The van der Waals surface area contributed by atoms with Crippen LogP contribution in [-0.2, 0) is 11.4 Å². The SMILES string of the molecule is CC(C)CC1=NN2C(=N)C(=Cc3ccc(OCc4ccccc4Cl)cc3)C(=O)N=C2S1. The molecule has 2 aromatic rings. The molecule has 1 N–H and O–H groups in total. The molecule has 0 aromatic heterocycles. The molecule has 0 saturated carbocycles. The van der Waals surface area contributed by atoms with Crippen molar-refractivity contribution in [1.82, 2.24) is 5.01 Å². The van der Waals surface area contributed by atoms with Crippen LogP contribution in [-0.4, -0.2) is 27.0 Å². The number of nitrogens with zero attached hydrogens (tertiary/aromatic N) is 3. The summed E-state index contributed by atoms with van der Waals surface area (Å²) in [6.07, 6.45) is 2.44. The lowest BCUT2D eigenvalue weighted by atomic mass is 10.1. The summed E-state index contributed by atoms with van der Waals surface area (Å²) in [7, 11) is 0. The average molecular weight is 453 g/mol. The molecule has 6 nitrogen and oxygen atoms in total.